The second-order valence-electron chi connectivity index (χ2n) is 4.48. The van der Waals surface area contributed by atoms with Crippen molar-refractivity contribution in [3.8, 4) is 5.75 Å². The molecule has 0 aliphatic carbocycles. The molecule has 4 nitrogen and oxygen atoms in total. The highest BCUT2D eigenvalue weighted by molar-refractivity contribution is 9.10. The van der Waals surface area contributed by atoms with Crippen LogP contribution < -0.4 is 4.90 Å². The summed E-state index contributed by atoms with van der Waals surface area (Å²) in [7, 11) is 0. The second-order valence-corrected chi connectivity index (χ2v) is 6.54. The van der Waals surface area contributed by atoms with Gasteiger partial charge in [0.15, 0.2) is 10.9 Å². The number of nitrogens with zero attached hydrogens (tertiary/aromatic N) is 1. The lowest BCUT2D eigenvalue weighted by Gasteiger charge is -2.18. The van der Waals surface area contributed by atoms with Crippen molar-refractivity contribution >= 4 is 44.4 Å². The zero-order valence-corrected chi connectivity index (χ0v) is 12.8. The Morgan fingerprint density at radius 3 is 3.00 bits per heavy atom. The number of hydrogen-bond acceptors (Lipinski definition) is 4. The Kier molecular flexibility index (Phi) is 4.52. The molecule has 19 heavy (non-hydrogen) atoms. The average molecular weight is 344 g/mol. The molecule has 102 valence electrons. The maximum absolute atomic E-state index is 12.0. The molecule has 0 saturated carbocycles. The highest BCUT2D eigenvalue weighted by Gasteiger charge is 2.32. The van der Waals surface area contributed by atoms with Crippen molar-refractivity contribution in [2.45, 2.75) is 13.3 Å². The number of amides is 1. The van der Waals surface area contributed by atoms with Gasteiger partial charge in [0.05, 0.1) is 10.2 Å². The van der Waals surface area contributed by atoms with E-state index in [4.69, 9.17) is 0 Å². The summed E-state index contributed by atoms with van der Waals surface area (Å²) < 4.78 is 0.569. The number of halogens is 1. The van der Waals surface area contributed by atoms with Gasteiger partial charge in [-0.2, -0.15) is 0 Å². The summed E-state index contributed by atoms with van der Waals surface area (Å²) in [5.41, 5.74) is 0.523. The predicted octanol–water partition coefficient (Wildman–Crippen LogP) is 2.79. The first-order valence-electron chi connectivity index (χ1n) is 5.90. The predicted molar refractivity (Wildman–Crippen MR) is 79.4 cm³/mol. The van der Waals surface area contributed by atoms with Gasteiger partial charge in [-0.3, -0.25) is 9.59 Å². The SMILES string of the molecule is CC(=O)SCC1CC(=O)N(c2cccc(Br)c2O)C1. The molecule has 1 amide bonds. The van der Waals surface area contributed by atoms with E-state index in [0.29, 0.717) is 28.9 Å². The fourth-order valence-corrected chi connectivity index (χ4v) is 3.13. The van der Waals surface area contributed by atoms with Gasteiger partial charge in [-0.05, 0) is 34.0 Å². The Balaban J connectivity index is 2.11. The third-order valence-corrected chi connectivity index (χ3v) is 4.67. The number of para-hydroxylation sites is 1. The van der Waals surface area contributed by atoms with Crippen molar-refractivity contribution in [2.24, 2.45) is 5.92 Å². The van der Waals surface area contributed by atoms with E-state index < -0.39 is 0 Å². The van der Waals surface area contributed by atoms with E-state index in [2.05, 4.69) is 15.9 Å². The fourth-order valence-electron chi connectivity index (χ4n) is 2.08. The molecule has 1 saturated heterocycles. The van der Waals surface area contributed by atoms with E-state index in [0.717, 1.165) is 0 Å². The minimum Gasteiger partial charge on any atom is -0.505 e. The zero-order chi connectivity index (χ0) is 14.0. The summed E-state index contributed by atoms with van der Waals surface area (Å²) in [5, 5.41) is 10.0. The van der Waals surface area contributed by atoms with Crippen LogP contribution in [0, 0.1) is 5.92 Å². The van der Waals surface area contributed by atoms with E-state index >= 15 is 0 Å². The van der Waals surface area contributed by atoms with Crippen LogP contribution in [0.3, 0.4) is 0 Å². The van der Waals surface area contributed by atoms with E-state index in [1.165, 1.54) is 18.7 Å². The van der Waals surface area contributed by atoms with Gasteiger partial charge in [0.2, 0.25) is 5.91 Å². The van der Waals surface area contributed by atoms with Gasteiger partial charge < -0.3 is 10.0 Å². The number of carbonyl (C=O) groups excluding carboxylic acids is 2. The Morgan fingerprint density at radius 2 is 2.32 bits per heavy atom. The minimum absolute atomic E-state index is 0.0115. The highest BCUT2D eigenvalue weighted by atomic mass is 79.9. The number of anilines is 1. The summed E-state index contributed by atoms with van der Waals surface area (Å²) in [6.45, 7) is 2.07. The van der Waals surface area contributed by atoms with Crippen molar-refractivity contribution in [3.05, 3.63) is 22.7 Å². The number of carbonyl (C=O) groups is 2. The molecule has 6 heteroatoms. The second kappa shape index (κ2) is 5.96. The first kappa shape index (κ1) is 14.4. The Labute approximate surface area is 124 Å². The van der Waals surface area contributed by atoms with Gasteiger partial charge in [0.1, 0.15) is 0 Å². The molecular formula is C13H14BrNO3S. The summed E-state index contributed by atoms with van der Waals surface area (Å²) in [6.07, 6.45) is 0.423. The number of aromatic hydroxyl groups is 1. The monoisotopic (exact) mass is 343 g/mol. The average Bonchev–Trinajstić information content (AvgIpc) is 2.71. The van der Waals surface area contributed by atoms with Crippen LogP contribution in [0.25, 0.3) is 0 Å². The van der Waals surface area contributed by atoms with Gasteiger partial charge in [0, 0.05) is 25.6 Å². The molecule has 1 heterocycles. The molecule has 1 aliphatic heterocycles. The third-order valence-electron chi connectivity index (χ3n) is 2.98. The maximum Gasteiger partial charge on any atom is 0.227 e. The topological polar surface area (TPSA) is 57.6 Å². The maximum atomic E-state index is 12.0. The molecule has 1 N–H and O–H groups in total. The summed E-state index contributed by atoms with van der Waals surface area (Å²) in [4.78, 5) is 24.5. The number of thioether (sulfide) groups is 1. The van der Waals surface area contributed by atoms with Crippen LogP contribution in [0.2, 0.25) is 0 Å². The quantitative estimate of drug-likeness (QED) is 0.916. The van der Waals surface area contributed by atoms with Gasteiger partial charge in [0.25, 0.3) is 0 Å². The number of benzene rings is 1. The van der Waals surface area contributed by atoms with Crippen molar-refractivity contribution in [3.63, 3.8) is 0 Å². The fraction of sp³-hybridized carbons (Fsp3) is 0.385. The van der Waals surface area contributed by atoms with Crippen LogP contribution in [0.5, 0.6) is 5.75 Å². The Bertz CT molecular complexity index is 521. The van der Waals surface area contributed by atoms with Gasteiger partial charge in [-0.25, -0.2) is 0 Å². The molecule has 1 aromatic rings. The van der Waals surface area contributed by atoms with Crippen molar-refractivity contribution < 1.29 is 14.7 Å². The lowest BCUT2D eigenvalue weighted by atomic mass is 10.1. The minimum atomic E-state index is -0.0115. The first-order valence-corrected chi connectivity index (χ1v) is 7.68. The highest BCUT2D eigenvalue weighted by Crippen LogP contribution is 2.37. The molecule has 1 atom stereocenters. The molecule has 1 unspecified atom stereocenters. The lowest BCUT2D eigenvalue weighted by molar-refractivity contribution is -0.117. The van der Waals surface area contributed by atoms with Gasteiger partial charge in [-0.1, -0.05) is 17.8 Å². The molecule has 1 aromatic carbocycles. The van der Waals surface area contributed by atoms with Crippen molar-refractivity contribution in [1.82, 2.24) is 0 Å². The molecule has 0 spiro atoms. The number of rotatable bonds is 3. The van der Waals surface area contributed by atoms with E-state index in [1.807, 2.05) is 0 Å². The summed E-state index contributed by atoms with van der Waals surface area (Å²) in [6, 6.07) is 5.23. The van der Waals surface area contributed by atoms with E-state index in [9.17, 15) is 14.7 Å². The number of phenolic OH excluding ortho intramolecular Hbond substituents is 1. The van der Waals surface area contributed by atoms with Gasteiger partial charge >= 0.3 is 0 Å². The molecule has 0 radical (unpaired) electrons. The molecule has 0 bridgehead atoms. The molecule has 1 aliphatic rings. The molecular weight excluding hydrogens is 330 g/mol. The Morgan fingerprint density at radius 1 is 1.58 bits per heavy atom. The largest absolute Gasteiger partial charge is 0.505 e. The number of phenols is 1. The lowest BCUT2D eigenvalue weighted by Crippen LogP contribution is -2.24. The van der Waals surface area contributed by atoms with Crippen molar-refractivity contribution in [1.29, 1.82) is 0 Å². The molecule has 0 aromatic heterocycles. The molecule has 1 fully saturated rings. The first-order chi connectivity index (χ1) is 8.99. The van der Waals surface area contributed by atoms with Crippen LogP contribution >= 0.6 is 27.7 Å². The summed E-state index contributed by atoms with van der Waals surface area (Å²) in [5.74, 6) is 0.866. The van der Waals surface area contributed by atoms with Crippen LogP contribution in [0.1, 0.15) is 13.3 Å². The van der Waals surface area contributed by atoms with Crippen LogP contribution in [-0.4, -0.2) is 28.4 Å². The zero-order valence-electron chi connectivity index (χ0n) is 10.4. The van der Waals surface area contributed by atoms with Crippen LogP contribution in [0.15, 0.2) is 22.7 Å². The normalized spacial score (nSPS) is 18.9. The standard InChI is InChI=1S/C13H14BrNO3S/c1-8(16)19-7-9-5-12(17)15(6-9)11-4-2-3-10(14)13(11)18/h2-4,9,18H,5-7H2,1H3. The third kappa shape index (κ3) is 3.30. The van der Waals surface area contributed by atoms with Crippen molar-refractivity contribution in [2.75, 3.05) is 17.2 Å². The Hall–Kier alpha value is -1.01. The van der Waals surface area contributed by atoms with Crippen LogP contribution in [-0.2, 0) is 9.59 Å². The summed E-state index contributed by atoms with van der Waals surface area (Å²) >= 11 is 4.49. The van der Waals surface area contributed by atoms with Gasteiger partial charge in [-0.15, -0.1) is 0 Å². The smallest absolute Gasteiger partial charge is 0.227 e. The van der Waals surface area contributed by atoms with E-state index in [-0.39, 0.29) is 22.7 Å². The number of hydrogen-bond donors (Lipinski definition) is 1. The van der Waals surface area contributed by atoms with Crippen LogP contribution in [0.4, 0.5) is 5.69 Å². The molecule has 2 rings (SSSR count). The van der Waals surface area contributed by atoms with E-state index in [1.54, 1.807) is 23.1 Å².